The van der Waals surface area contributed by atoms with Gasteiger partial charge in [0.25, 0.3) is 0 Å². The molecule has 142 valence electrons. The summed E-state index contributed by atoms with van der Waals surface area (Å²) >= 11 is 0. The van der Waals surface area contributed by atoms with Crippen LogP contribution in [0.25, 0.3) is 0 Å². The number of unbranched alkanes of at least 4 members (excludes halogenated alkanes) is 8. The molecular formula is C18H36N2O4. The zero-order valence-corrected chi connectivity index (χ0v) is 15.2. The van der Waals surface area contributed by atoms with E-state index in [0.29, 0.717) is 19.5 Å². The highest BCUT2D eigenvalue weighted by atomic mass is 16.4. The summed E-state index contributed by atoms with van der Waals surface area (Å²) in [6, 6.07) is -0.430. The van der Waals surface area contributed by atoms with Crippen LogP contribution < -0.4 is 10.6 Å². The molecule has 1 amide bonds. The van der Waals surface area contributed by atoms with Crippen molar-refractivity contribution in [3.63, 3.8) is 0 Å². The Hall–Kier alpha value is -1.14. The number of rotatable bonds is 17. The van der Waals surface area contributed by atoms with Crippen molar-refractivity contribution in [2.75, 3.05) is 19.7 Å². The zero-order chi connectivity index (χ0) is 18.0. The molecule has 0 aromatic heterocycles. The van der Waals surface area contributed by atoms with E-state index in [9.17, 15) is 9.59 Å². The lowest BCUT2D eigenvalue weighted by atomic mass is 10.1. The molecule has 0 bridgehead atoms. The molecule has 0 aliphatic carbocycles. The van der Waals surface area contributed by atoms with Crippen molar-refractivity contribution >= 4 is 11.9 Å². The maximum atomic E-state index is 11.9. The molecule has 0 heterocycles. The molecule has 0 saturated carbocycles. The van der Waals surface area contributed by atoms with Gasteiger partial charge in [-0.2, -0.15) is 0 Å². The summed E-state index contributed by atoms with van der Waals surface area (Å²) in [5.41, 5.74) is 0. The van der Waals surface area contributed by atoms with Crippen molar-refractivity contribution in [1.29, 1.82) is 0 Å². The standard InChI is InChI=1S/C18H36N2O4/c1-2-3-4-5-6-7-8-9-10-11-17(22)20-16(14-18(23)24)15-19-12-13-21/h16,19,21H,2-15H2,1H3,(H,20,22)(H,23,24). The summed E-state index contributed by atoms with van der Waals surface area (Å²) in [6.07, 6.45) is 11.2. The Balaban J connectivity index is 3.70. The Bertz CT molecular complexity index is 324. The number of hydrogen-bond acceptors (Lipinski definition) is 4. The minimum absolute atomic E-state index is 0.00776. The molecule has 0 spiro atoms. The minimum Gasteiger partial charge on any atom is -0.481 e. The van der Waals surface area contributed by atoms with Gasteiger partial charge in [0, 0.05) is 19.5 Å². The Morgan fingerprint density at radius 1 is 0.958 bits per heavy atom. The first-order valence-electron chi connectivity index (χ1n) is 9.42. The van der Waals surface area contributed by atoms with Gasteiger partial charge in [-0.3, -0.25) is 9.59 Å². The molecule has 4 N–H and O–H groups in total. The van der Waals surface area contributed by atoms with Crippen LogP contribution >= 0.6 is 0 Å². The average molecular weight is 344 g/mol. The van der Waals surface area contributed by atoms with Crippen molar-refractivity contribution in [2.45, 2.75) is 83.6 Å². The normalized spacial score (nSPS) is 12.1. The van der Waals surface area contributed by atoms with Gasteiger partial charge >= 0.3 is 5.97 Å². The molecular weight excluding hydrogens is 308 g/mol. The first-order valence-corrected chi connectivity index (χ1v) is 9.42. The third-order valence-electron chi connectivity index (χ3n) is 3.97. The van der Waals surface area contributed by atoms with Crippen LogP contribution in [-0.4, -0.2) is 47.8 Å². The van der Waals surface area contributed by atoms with E-state index < -0.39 is 12.0 Å². The lowest BCUT2D eigenvalue weighted by Crippen LogP contribution is -2.43. The van der Waals surface area contributed by atoms with Crippen LogP contribution in [0.1, 0.15) is 77.6 Å². The number of nitrogens with one attached hydrogen (secondary N) is 2. The van der Waals surface area contributed by atoms with Gasteiger partial charge in [0.1, 0.15) is 0 Å². The largest absolute Gasteiger partial charge is 0.481 e. The van der Waals surface area contributed by atoms with Crippen molar-refractivity contribution in [2.24, 2.45) is 0 Å². The van der Waals surface area contributed by atoms with Crippen molar-refractivity contribution in [3.8, 4) is 0 Å². The van der Waals surface area contributed by atoms with Crippen LogP contribution in [0.15, 0.2) is 0 Å². The Labute approximate surface area is 146 Å². The monoisotopic (exact) mass is 344 g/mol. The maximum Gasteiger partial charge on any atom is 0.305 e. The van der Waals surface area contributed by atoms with E-state index in [2.05, 4.69) is 17.6 Å². The van der Waals surface area contributed by atoms with Crippen LogP contribution in [0.5, 0.6) is 0 Å². The van der Waals surface area contributed by atoms with Crippen LogP contribution in [0.4, 0.5) is 0 Å². The summed E-state index contributed by atoms with van der Waals surface area (Å²) in [5, 5.41) is 23.3. The fourth-order valence-electron chi connectivity index (χ4n) is 2.64. The van der Waals surface area contributed by atoms with Gasteiger partial charge in [0.2, 0.25) is 5.91 Å². The van der Waals surface area contributed by atoms with Crippen molar-refractivity contribution < 1.29 is 19.8 Å². The number of amides is 1. The van der Waals surface area contributed by atoms with Crippen LogP contribution in [0, 0.1) is 0 Å². The number of carboxylic acids is 1. The van der Waals surface area contributed by atoms with Gasteiger partial charge in [0.05, 0.1) is 19.1 Å². The fourth-order valence-corrected chi connectivity index (χ4v) is 2.64. The number of hydrogen-bond donors (Lipinski definition) is 4. The van der Waals surface area contributed by atoms with Gasteiger partial charge in [-0.05, 0) is 6.42 Å². The Morgan fingerprint density at radius 2 is 1.54 bits per heavy atom. The molecule has 1 unspecified atom stereocenters. The topological polar surface area (TPSA) is 98.7 Å². The van der Waals surface area contributed by atoms with Crippen LogP contribution in [0.2, 0.25) is 0 Å². The maximum absolute atomic E-state index is 11.9. The molecule has 0 fully saturated rings. The van der Waals surface area contributed by atoms with E-state index in [1.165, 1.54) is 38.5 Å². The van der Waals surface area contributed by atoms with E-state index in [1.54, 1.807) is 0 Å². The Morgan fingerprint density at radius 3 is 2.08 bits per heavy atom. The predicted octanol–water partition coefficient (Wildman–Crippen LogP) is 2.45. The Kier molecular flexibility index (Phi) is 15.9. The van der Waals surface area contributed by atoms with Crippen LogP contribution in [-0.2, 0) is 9.59 Å². The first-order chi connectivity index (χ1) is 11.6. The predicted molar refractivity (Wildman–Crippen MR) is 96.0 cm³/mol. The highest BCUT2D eigenvalue weighted by Crippen LogP contribution is 2.10. The lowest BCUT2D eigenvalue weighted by molar-refractivity contribution is -0.137. The van der Waals surface area contributed by atoms with E-state index in [0.717, 1.165) is 19.3 Å². The van der Waals surface area contributed by atoms with E-state index in [4.69, 9.17) is 10.2 Å². The van der Waals surface area contributed by atoms with Crippen molar-refractivity contribution in [3.05, 3.63) is 0 Å². The average Bonchev–Trinajstić information content (AvgIpc) is 2.53. The summed E-state index contributed by atoms with van der Waals surface area (Å²) in [4.78, 5) is 22.7. The van der Waals surface area contributed by atoms with Crippen LogP contribution in [0.3, 0.4) is 0 Å². The van der Waals surface area contributed by atoms with Gasteiger partial charge in [0.15, 0.2) is 0 Å². The molecule has 0 saturated heterocycles. The second-order valence-corrected chi connectivity index (χ2v) is 6.37. The van der Waals surface area contributed by atoms with E-state index >= 15 is 0 Å². The zero-order valence-electron chi connectivity index (χ0n) is 15.2. The van der Waals surface area contributed by atoms with Crippen molar-refractivity contribution in [1.82, 2.24) is 10.6 Å². The second kappa shape index (κ2) is 16.7. The summed E-state index contributed by atoms with van der Waals surface area (Å²) in [5.74, 6) is -1.02. The molecule has 0 aromatic carbocycles. The minimum atomic E-state index is -0.936. The van der Waals surface area contributed by atoms with Gasteiger partial charge in [-0.15, -0.1) is 0 Å². The number of carbonyl (C=O) groups excluding carboxylic acids is 1. The lowest BCUT2D eigenvalue weighted by Gasteiger charge is -2.17. The summed E-state index contributed by atoms with van der Waals surface area (Å²) < 4.78 is 0. The first kappa shape index (κ1) is 22.9. The van der Waals surface area contributed by atoms with Gasteiger partial charge in [-0.1, -0.05) is 58.3 Å². The number of aliphatic hydroxyl groups excluding tert-OH is 1. The molecule has 0 aromatic rings. The highest BCUT2D eigenvalue weighted by molar-refractivity contribution is 5.77. The second-order valence-electron chi connectivity index (χ2n) is 6.37. The summed E-state index contributed by atoms with van der Waals surface area (Å²) in [6.45, 7) is 2.96. The van der Waals surface area contributed by atoms with E-state index in [-0.39, 0.29) is 18.9 Å². The molecule has 0 aliphatic rings. The van der Waals surface area contributed by atoms with E-state index in [1.807, 2.05) is 0 Å². The number of aliphatic carboxylic acids is 1. The fraction of sp³-hybridized carbons (Fsp3) is 0.889. The molecule has 0 radical (unpaired) electrons. The summed E-state index contributed by atoms with van der Waals surface area (Å²) in [7, 11) is 0. The smallest absolute Gasteiger partial charge is 0.305 e. The van der Waals surface area contributed by atoms with Gasteiger partial charge in [-0.25, -0.2) is 0 Å². The SMILES string of the molecule is CCCCCCCCCCCC(=O)NC(CNCCO)CC(=O)O. The molecule has 6 nitrogen and oxygen atoms in total. The molecule has 0 rings (SSSR count). The number of carbonyl (C=O) groups is 2. The third kappa shape index (κ3) is 15.7. The third-order valence-corrected chi connectivity index (χ3v) is 3.97. The molecule has 24 heavy (non-hydrogen) atoms. The molecule has 1 atom stereocenters. The quantitative estimate of drug-likeness (QED) is 0.304. The van der Waals surface area contributed by atoms with Gasteiger partial charge < -0.3 is 20.8 Å². The number of carboxylic acid groups (broad SMARTS) is 1. The molecule has 6 heteroatoms. The molecule has 0 aliphatic heterocycles. The number of aliphatic hydroxyl groups is 1. The highest BCUT2D eigenvalue weighted by Gasteiger charge is 2.15.